The maximum atomic E-state index is 11.8. The van der Waals surface area contributed by atoms with Crippen LogP contribution in [0.25, 0.3) is 0 Å². The molecule has 0 spiro atoms. The summed E-state index contributed by atoms with van der Waals surface area (Å²) < 4.78 is 0. The largest absolute Gasteiger partial charge is 0.481 e. The number of imide groups is 1. The van der Waals surface area contributed by atoms with Gasteiger partial charge in [0, 0.05) is 0 Å². The fourth-order valence-corrected chi connectivity index (χ4v) is 1.67. The highest BCUT2D eigenvalue weighted by molar-refractivity contribution is 6.21. The minimum absolute atomic E-state index is 0.409. The first kappa shape index (κ1) is 11.1. The number of amides is 3. The van der Waals surface area contributed by atoms with Crippen LogP contribution in [0.3, 0.4) is 0 Å². The van der Waals surface area contributed by atoms with Crippen molar-refractivity contribution in [1.82, 2.24) is 5.32 Å². The van der Waals surface area contributed by atoms with E-state index in [2.05, 4.69) is 5.32 Å². The van der Waals surface area contributed by atoms with E-state index in [-0.39, 0.29) is 0 Å². The summed E-state index contributed by atoms with van der Waals surface area (Å²) in [5.41, 5.74) is 0.433. The van der Waals surface area contributed by atoms with Crippen molar-refractivity contribution in [3.8, 4) is 0 Å². The van der Waals surface area contributed by atoms with E-state index >= 15 is 0 Å². The van der Waals surface area contributed by atoms with Gasteiger partial charge >= 0.3 is 12.0 Å². The Kier molecular flexibility index (Phi) is 2.78. The summed E-state index contributed by atoms with van der Waals surface area (Å²) in [7, 11) is 0. The fourth-order valence-electron chi connectivity index (χ4n) is 1.67. The Labute approximate surface area is 96.8 Å². The van der Waals surface area contributed by atoms with Gasteiger partial charge in [-0.3, -0.25) is 9.59 Å². The lowest BCUT2D eigenvalue weighted by molar-refractivity contribution is -0.139. The van der Waals surface area contributed by atoms with E-state index in [4.69, 9.17) is 5.11 Å². The molecule has 0 bridgehead atoms. The maximum absolute atomic E-state index is 11.8. The van der Waals surface area contributed by atoms with Gasteiger partial charge in [0.1, 0.15) is 6.04 Å². The summed E-state index contributed by atoms with van der Waals surface area (Å²) in [4.78, 5) is 34.9. The van der Waals surface area contributed by atoms with Crippen molar-refractivity contribution in [2.75, 3.05) is 4.90 Å². The summed E-state index contributed by atoms with van der Waals surface area (Å²) in [6.07, 6.45) is -0.409. The molecule has 0 aromatic heterocycles. The average Bonchev–Trinajstić information content (AvgIpc) is 2.54. The molecular weight excluding hydrogens is 224 g/mol. The number of hydrogen-bond acceptors (Lipinski definition) is 3. The number of carboxylic acids is 1. The fraction of sp³-hybridized carbons (Fsp3) is 0.182. The van der Waals surface area contributed by atoms with Gasteiger partial charge in [0.05, 0.1) is 12.1 Å². The Bertz CT molecular complexity index is 472. The van der Waals surface area contributed by atoms with Gasteiger partial charge in [-0.05, 0) is 12.1 Å². The van der Waals surface area contributed by atoms with Crippen LogP contribution in [-0.2, 0) is 9.59 Å². The minimum atomic E-state index is -1.13. The quantitative estimate of drug-likeness (QED) is 0.749. The van der Waals surface area contributed by atoms with E-state index in [1.54, 1.807) is 30.3 Å². The first-order chi connectivity index (χ1) is 8.09. The molecular formula is C11H10N2O4. The van der Waals surface area contributed by atoms with Gasteiger partial charge in [0.15, 0.2) is 0 Å². The summed E-state index contributed by atoms with van der Waals surface area (Å²) >= 11 is 0. The molecule has 1 heterocycles. The maximum Gasteiger partial charge on any atom is 0.329 e. The lowest BCUT2D eigenvalue weighted by Gasteiger charge is -2.12. The van der Waals surface area contributed by atoms with Gasteiger partial charge in [0.25, 0.3) is 5.91 Å². The number of carbonyl (C=O) groups is 3. The van der Waals surface area contributed by atoms with Crippen LogP contribution in [0.15, 0.2) is 30.3 Å². The Morgan fingerprint density at radius 3 is 2.53 bits per heavy atom. The molecule has 1 aromatic rings. The molecule has 17 heavy (non-hydrogen) atoms. The molecule has 6 nitrogen and oxygen atoms in total. The van der Waals surface area contributed by atoms with Crippen LogP contribution in [0, 0.1) is 0 Å². The third kappa shape index (κ3) is 2.10. The van der Waals surface area contributed by atoms with E-state index < -0.39 is 30.4 Å². The third-order valence-electron chi connectivity index (χ3n) is 2.41. The monoisotopic (exact) mass is 234 g/mol. The number of para-hydroxylation sites is 1. The highest BCUT2D eigenvalue weighted by Crippen LogP contribution is 2.19. The van der Waals surface area contributed by atoms with Gasteiger partial charge in [-0.15, -0.1) is 0 Å². The number of benzene rings is 1. The molecule has 0 unspecified atom stereocenters. The average molecular weight is 234 g/mol. The third-order valence-corrected chi connectivity index (χ3v) is 2.41. The number of carboxylic acid groups (broad SMARTS) is 1. The van der Waals surface area contributed by atoms with E-state index in [9.17, 15) is 14.4 Å². The van der Waals surface area contributed by atoms with Crippen molar-refractivity contribution in [2.45, 2.75) is 12.5 Å². The summed E-state index contributed by atoms with van der Waals surface area (Å²) in [6, 6.07) is 6.80. The number of rotatable bonds is 3. The van der Waals surface area contributed by atoms with Crippen LogP contribution in [0.1, 0.15) is 6.42 Å². The van der Waals surface area contributed by atoms with Gasteiger partial charge in [0.2, 0.25) is 0 Å². The number of aliphatic carboxylic acids is 1. The molecule has 1 atom stereocenters. The summed E-state index contributed by atoms with van der Waals surface area (Å²) in [5, 5.41) is 11.0. The zero-order chi connectivity index (χ0) is 12.4. The van der Waals surface area contributed by atoms with Crippen LogP contribution in [0.4, 0.5) is 10.5 Å². The Hall–Kier alpha value is -2.37. The highest BCUT2D eigenvalue weighted by Gasteiger charge is 2.39. The first-order valence-electron chi connectivity index (χ1n) is 5.01. The predicted molar refractivity (Wildman–Crippen MR) is 58.5 cm³/mol. The van der Waals surface area contributed by atoms with Gasteiger partial charge in [-0.25, -0.2) is 9.69 Å². The highest BCUT2D eigenvalue weighted by atomic mass is 16.4. The Morgan fingerprint density at radius 1 is 1.29 bits per heavy atom. The summed E-state index contributed by atoms with van der Waals surface area (Å²) in [5.74, 6) is -1.66. The Morgan fingerprint density at radius 2 is 1.94 bits per heavy atom. The van der Waals surface area contributed by atoms with E-state index in [0.717, 1.165) is 4.90 Å². The van der Waals surface area contributed by atoms with Gasteiger partial charge < -0.3 is 10.4 Å². The smallest absolute Gasteiger partial charge is 0.329 e. The van der Waals surface area contributed by atoms with Crippen LogP contribution >= 0.6 is 0 Å². The van der Waals surface area contributed by atoms with Crippen molar-refractivity contribution < 1.29 is 19.5 Å². The SMILES string of the molecule is O=C(O)C[C@@H]1NC(=O)N(c2ccccc2)C1=O. The zero-order valence-corrected chi connectivity index (χ0v) is 8.79. The number of hydrogen-bond donors (Lipinski definition) is 2. The predicted octanol–water partition coefficient (Wildman–Crippen LogP) is 0.586. The summed E-state index contributed by atoms with van der Waals surface area (Å²) in [6.45, 7) is 0. The number of nitrogens with zero attached hydrogens (tertiary/aromatic N) is 1. The normalized spacial score (nSPS) is 19.3. The molecule has 0 radical (unpaired) electrons. The second-order valence-corrected chi connectivity index (χ2v) is 3.61. The van der Waals surface area contributed by atoms with Crippen LogP contribution in [0.5, 0.6) is 0 Å². The minimum Gasteiger partial charge on any atom is -0.481 e. The van der Waals surface area contributed by atoms with E-state index in [0.29, 0.717) is 5.69 Å². The van der Waals surface area contributed by atoms with E-state index in [1.165, 1.54) is 0 Å². The van der Waals surface area contributed by atoms with E-state index in [1.807, 2.05) is 0 Å². The van der Waals surface area contributed by atoms with Crippen molar-refractivity contribution in [3.63, 3.8) is 0 Å². The van der Waals surface area contributed by atoms with Crippen molar-refractivity contribution >= 4 is 23.6 Å². The molecule has 88 valence electrons. The molecule has 0 saturated carbocycles. The molecule has 1 fully saturated rings. The van der Waals surface area contributed by atoms with Gasteiger partial charge in [-0.1, -0.05) is 18.2 Å². The molecule has 1 aliphatic heterocycles. The van der Waals surface area contributed by atoms with Crippen LogP contribution in [0.2, 0.25) is 0 Å². The Balaban J connectivity index is 2.23. The van der Waals surface area contributed by atoms with Crippen molar-refractivity contribution in [2.24, 2.45) is 0 Å². The standard InChI is InChI=1S/C11H10N2O4/c14-9(15)6-8-10(16)13(11(17)12-8)7-4-2-1-3-5-7/h1-5,8H,6H2,(H,12,17)(H,14,15)/t8-/m0/s1. The molecule has 2 rings (SSSR count). The number of nitrogens with one attached hydrogen (secondary N) is 1. The second kappa shape index (κ2) is 4.25. The first-order valence-corrected chi connectivity index (χ1v) is 5.01. The lowest BCUT2D eigenvalue weighted by Crippen LogP contribution is -2.32. The molecule has 0 aliphatic carbocycles. The van der Waals surface area contributed by atoms with Gasteiger partial charge in [-0.2, -0.15) is 0 Å². The molecule has 1 saturated heterocycles. The van der Waals surface area contributed by atoms with Crippen LogP contribution in [-0.4, -0.2) is 29.1 Å². The number of anilines is 1. The van der Waals surface area contributed by atoms with Crippen molar-refractivity contribution in [3.05, 3.63) is 30.3 Å². The molecule has 1 aliphatic rings. The lowest BCUT2D eigenvalue weighted by atomic mass is 10.2. The number of carbonyl (C=O) groups excluding carboxylic acids is 2. The molecule has 2 N–H and O–H groups in total. The molecule has 1 aromatic carbocycles. The molecule has 3 amide bonds. The number of urea groups is 1. The topological polar surface area (TPSA) is 86.7 Å². The van der Waals surface area contributed by atoms with Crippen LogP contribution < -0.4 is 10.2 Å². The zero-order valence-electron chi connectivity index (χ0n) is 8.79. The molecule has 6 heteroatoms. The second-order valence-electron chi connectivity index (χ2n) is 3.61. The van der Waals surface area contributed by atoms with Crippen molar-refractivity contribution in [1.29, 1.82) is 0 Å².